The summed E-state index contributed by atoms with van der Waals surface area (Å²) >= 11 is 0. The van der Waals surface area contributed by atoms with Gasteiger partial charge in [0.25, 0.3) is 23.6 Å². The number of furan rings is 2. The van der Waals surface area contributed by atoms with Gasteiger partial charge in [-0.05, 0) is 48.5 Å². The Morgan fingerprint density at radius 2 is 0.947 bits per heavy atom. The largest absolute Gasteiger partial charge is 0.455 e. The zero-order valence-electron chi connectivity index (χ0n) is 20.2. The molecule has 2 aromatic heterocycles. The highest BCUT2D eigenvalue weighted by molar-refractivity contribution is 6.22. The molecule has 0 saturated heterocycles. The topological polar surface area (TPSA) is 126 Å². The summed E-state index contributed by atoms with van der Waals surface area (Å²) in [5, 5.41) is 7.97. The monoisotopic (exact) mass is 506 g/mol. The number of rotatable bonds is 5. The van der Waals surface area contributed by atoms with Crippen molar-refractivity contribution in [2.24, 2.45) is 10.2 Å². The lowest BCUT2D eigenvalue weighted by Crippen LogP contribution is -2.24. The van der Waals surface area contributed by atoms with E-state index in [1.807, 2.05) is 0 Å². The van der Waals surface area contributed by atoms with Crippen LogP contribution in [0.2, 0.25) is 0 Å². The predicted octanol–water partition coefficient (Wildman–Crippen LogP) is 4.11. The normalized spacial score (nSPS) is 15.0. The molecular formula is C28H18N4O6. The summed E-state index contributed by atoms with van der Waals surface area (Å²) in [7, 11) is 2.90. The molecule has 2 aliphatic heterocycles. The second-order valence-electron chi connectivity index (χ2n) is 8.75. The summed E-state index contributed by atoms with van der Waals surface area (Å²) in [6, 6.07) is 16.9. The van der Waals surface area contributed by atoms with E-state index in [0.717, 1.165) is 9.80 Å². The minimum absolute atomic E-state index is 0.322. The first-order valence-electron chi connectivity index (χ1n) is 11.5. The van der Waals surface area contributed by atoms with Crippen LogP contribution < -0.4 is 0 Å². The van der Waals surface area contributed by atoms with Gasteiger partial charge < -0.3 is 8.83 Å². The van der Waals surface area contributed by atoms with Gasteiger partial charge in [-0.2, -0.15) is 10.2 Å². The van der Waals surface area contributed by atoms with E-state index in [0.29, 0.717) is 56.4 Å². The van der Waals surface area contributed by atoms with Crippen LogP contribution in [0.25, 0.3) is 22.6 Å². The van der Waals surface area contributed by atoms with Gasteiger partial charge in [-0.3, -0.25) is 29.0 Å². The van der Waals surface area contributed by atoms with Crippen molar-refractivity contribution in [1.82, 2.24) is 9.80 Å². The molecule has 186 valence electrons. The summed E-state index contributed by atoms with van der Waals surface area (Å²) in [5.74, 6) is 0.591. The molecule has 0 aliphatic carbocycles. The third-order valence-corrected chi connectivity index (χ3v) is 6.44. The van der Waals surface area contributed by atoms with Crippen molar-refractivity contribution >= 4 is 36.1 Å². The number of nitrogens with zero attached hydrogens (tertiary/aromatic N) is 4. The summed E-state index contributed by atoms with van der Waals surface area (Å²) in [4.78, 5) is 50.8. The van der Waals surface area contributed by atoms with Crippen LogP contribution in [-0.2, 0) is 0 Å². The van der Waals surface area contributed by atoms with Crippen LogP contribution in [0.15, 0.2) is 79.7 Å². The lowest BCUT2D eigenvalue weighted by molar-refractivity contribution is 0.0678. The molecule has 0 saturated carbocycles. The van der Waals surface area contributed by atoms with E-state index in [9.17, 15) is 19.2 Å². The second kappa shape index (κ2) is 8.63. The van der Waals surface area contributed by atoms with E-state index in [1.54, 1.807) is 60.7 Å². The Hall–Kier alpha value is -5.38. The molecule has 2 aromatic carbocycles. The van der Waals surface area contributed by atoms with Gasteiger partial charge in [0.15, 0.2) is 0 Å². The third-order valence-electron chi connectivity index (χ3n) is 6.44. The van der Waals surface area contributed by atoms with Crippen LogP contribution in [-0.4, -0.2) is 60.0 Å². The van der Waals surface area contributed by atoms with Gasteiger partial charge >= 0.3 is 0 Å². The van der Waals surface area contributed by atoms with E-state index in [2.05, 4.69) is 10.2 Å². The van der Waals surface area contributed by atoms with Gasteiger partial charge in [-0.1, -0.05) is 12.1 Å². The summed E-state index contributed by atoms with van der Waals surface area (Å²) in [6.07, 6.45) is 2.86. The maximum Gasteiger partial charge on any atom is 0.261 e. The van der Waals surface area contributed by atoms with Crippen molar-refractivity contribution in [2.45, 2.75) is 0 Å². The number of hydrogen-bond donors (Lipinski definition) is 0. The van der Waals surface area contributed by atoms with E-state index in [-0.39, 0.29) is 23.6 Å². The molecule has 0 radical (unpaired) electrons. The number of fused-ring (bicyclic) bond motifs is 2. The fourth-order valence-electron chi connectivity index (χ4n) is 4.36. The number of carbonyl (C=O) groups is 4. The molecule has 0 unspecified atom stereocenters. The van der Waals surface area contributed by atoms with E-state index in [1.165, 1.54) is 26.5 Å². The minimum atomic E-state index is -0.344. The van der Waals surface area contributed by atoms with Crippen molar-refractivity contribution in [1.29, 1.82) is 0 Å². The molecular weight excluding hydrogens is 488 g/mol. The lowest BCUT2D eigenvalue weighted by Gasteiger charge is -2.02. The Kier molecular flexibility index (Phi) is 5.23. The van der Waals surface area contributed by atoms with Crippen molar-refractivity contribution in [3.63, 3.8) is 0 Å². The highest BCUT2D eigenvalue weighted by Crippen LogP contribution is 2.30. The van der Waals surface area contributed by atoms with Gasteiger partial charge in [-0.15, -0.1) is 0 Å². The van der Waals surface area contributed by atoms with Crippen LogP contribution in [0.1, 0.15) is 53.0 Å². The van der Waals surface area contributed by atoms with Crippen LogP contribution in [0, 0.1) is 0 Å². The molecule has 0 N–H and O–H groups in total. The molecule has 6 rings (SSSR count). The molecule has 0 spiro atoms. The van der Waals surface area contributed by atoms with Crippen LogP contribution in [0.4, 0.5) is 0 Å². The van der Waals surface area contributed by atoms with Crippen LogP contribution in [0.3, 0.4) is 0 Å². The SMILES string of the molecule is CN1C(=O)c2ccc(-c3ccc(C=NN=Cc4ccc(-c5ccc6c(c5)C(=O)N(C)C6=O)o4)o3)cc2C1=O. The smallest absolute Gasteiger partial charge is 0.261 e. The third kappa shape index (κ3) is 3.66. The Bertz CT molecular complexity index is 1610. The molecule has 2 aliphatic rings. The van der Waals surface area contributed by atoms with Crippen LogP contribution in [0.5, 0.6) is 0 Å². The predicted molar refractivity (Wildman–Crippen MR) is 136 cm³/mol. The zero-order chi connectivity index (χ0) is 26.6. The zero-order valence-corrected chi connectivity index (χ0v) is 20.2. The number of amides is 4. The second-order valence-corrected chi connectivity index (χ2v) is 8.75. The lowest BCUT2D eigenvalue weighted by atomic mass is 10.0. The first kappa shape index (κ1) is 23.0. The standard InChI is InChI=1S/C28H18N4O6/c1-31-25(33)19-7-3-15(11-21(19)27(31)35)23-9-5-17(37-23)13-29-30-14-18-6-10-24(38-18)16-4-8-20-22(12-16)28(36)32(2)26(20)34/h3-14H,1-2H3. The molecule has 0 bridgehead atoms. The van der Waals surface area contributed by atoms with Crippen molar-refractivity contribution in [2.75, 3.05) is 14.1 Å². The molecule has 4 aromatic rings. The Balaban J connectivity index is 1.14. The average Bonchev–Trinajstić information content (AvgIpc) is 3.69. The number of hydrogen-bond acceptors (Lipinski definition) is 8. The van der Waals surface area contributed by atoms with E-state index >= 15 is 0 Å². The van der Waals surface area contributed by atoms with Crippen molar-refractivity contribution < 1.29 is 28.0 Å². The number of imide groups is 2. The Labute approximate surface area is 215 Å². The first-order valence-corrected chi connectivity index (χ1v) is 11.5. The molecule has 38 heavy (non-hydrogen) atoms. The van der Waals surface area contributed by atoms with Gasteiger partial charge in [0.2, 0.25) is 0 Å². The summed E-state index contributed by atoms with van der Waals surface area (Å²) in [5.41, 5.74) is 2.76. The average molecular weight is 506 g/mol. The first-order chi connectivity index (χ1) is 18.3. The molecule has 0 atom stereocenters. The molecule has 4 amide bonds. The van der Waals surface area contributed by atoms with E-state index < -0.39 is 0 Å². The fourth-order valence-corrected chi connectivity index (χ4v) is 4.36. The number of benzene rings is 2. The maximum absolute atomic E-state index is 12.3. The Morgan fingerprint density at radius 3 is 1.37 bits per heavy atom. The van der Waals surface area contributed by atoms with E-state index in [4.69, 9.17) is 8.83 Å². The van der Waals surface area contributed by atoms with Gasteiger partial charge in [0.1, 0.15) is 23.0 Å². The van der Waals surface area contributed by atoms with Gasteiger partial charge in [0, 0.05) is 25.2 Å². The van der Waals surface area contributed by atoms with Crippen molar-refractivity contribution in [3.05, 3.63) is 94.4 Å². The highest BCUT2D eigenvalue weighted by atomic mass is 16.3. The fraction of sp³-hybridized carbons (Fsp3) is 0.0714. The number of carbonyl (C=O) groups excluding carboxylic acids is 4. The van der Waals surface area contributed by atoms with Gasteiger partial charge in [-0.25, -0.2) is 0 Å². The summed E-state index contributed by atoms with van der Waals surface area (Å²) in [6.45, 7) is 0. The molecule has 10 nitrogen and oxygen atoms in total. The highest BCUT2D eigenvalue weighted by Gasteiger charge is 2.34. The minimum Gasteiger partial charge on any atom is -0.455 e. The van der Waals surface area contributed by atoms with Gasteiger partial charge in [0.05, 0.1) is 34.7 Å². The van der Waals surface area contributed by atoms with Crippen molar-refractivity contribution in [3.8, 4) is 22.6 Å². The Morgan fingerprint density at radius 1 is 0.553 bits per heavy atom. The molecule has 4 heterocycles. The molecule has 0 fully saturated rings. The summed E-state index contributed by atoms with van der Waals surface area (Å²) < 4.78 is 11.6. The molecule has 10 heteroatoms. The maximum atomic E-state index is 12.3. The quantitative estimate of drug-likeness (QED) is 0.228. The van der Waals surface area contributed by atoms with Crippen LogP contribution >= 0.6 is 0 Å².